The summed E-state index contributed by atoms with van der Waals surface area (Å²) in [4.78, 5) is 13.3. The third kappa shape index (κ3) is 5.89. The molecule has 1 heterocycles. The van der Waals surface area contributed by atoms with Gasteiger partial charge in [0.1, 0.15) is 11.4 Å². The molecule has 37 heavy (non-hydrogen) atoms. The number of halogens is 2. The number of hydrogen-bond donors (Lipinski definition) is 1. The molecule has 0 aliphatic carbocycles. The maximum atomic E-state index is 13.3. The van der Waals surface area contributed by atoms with Gasteiger partial charge in [-0.3, -0.25) is 9.10 Å². The normalized spacial score (nSPS) is 16.4. The molecule has 1 aliphatic heterocycles. The molecule has 196 valence electrons. The summed E-state index contributed by atoms with van der Waals surface area (Å²) in [6.07, 6.45) is 3.45. The third-order valence-electron chi connectivity index (χ3n) is 6.97. The lowest BCUT2D eigenvalue weighted by Gasteiger charge is -2.41. The zero-order valence-electron chi connectivity index (χ0n) is 21.0. The number of sulfonamides is 1. The second-order valence-corrected chi connectivity index (χ2v) is 12.0. The van der Waals surface area contributed by atoms with Gasteiger partial charge in [-0.15, -0.1) is 0 Å². The summed E-state index contributed by atoms with van der Waals surface area (Å²) in [5.74, 6) is 0.550. The van der Waals surface area contributed by atoms with Crippen LogP contribution >= 0.6 is 23.2 Å². The fraction of sp³-hybridized carbons (Fsp3) is 0.321. The predicted octanol–water partition coefficient (Wildman–Crippen LogP) is 6.77. The molecule has 1 N–H and O–H groups in total. The molecule has 1 amide bonds. The van der Waals surface area contributed by atoms with Crippen LogP contribution in [0.3, 0.4) is 0 Å². The van der Waals surface area contributed by atoms with Crippen molar-refractivity contribution in [2.24, 2.45) is 0 Å². The maximum Gasteiger partial charge on any atom is 0.251 e. The number of rotatable bonds is 8. The minimum atomic E-state index is -3.66. The summed E-state index contributed by atoms with van der Waals surface area (Å²) in [5, 5.41) is 3.92. The number of amides is 1. The van der Waals surface area contributed by atoms with E-state index in [4.69, 9.17) is 27.9 Å². The number of anilines is 1. The van der Waals surface area contributed by atoms with E-state index < -0.39 is 10.0 Å². The zero-order valence-corrected chi connectivity index (χ0v) is 23.3. The molecular weight excluding hydrogens is 531 g/mol. The number of ether oxygens (including phenoxy) is 1. The monoisotopic (exact) mass is 560 g/mol. The SMILES string of the molecule is CCC1(CC)C[C@@H](NC(=O)c2ccc(N(Cc3c(Cl)cccc3Cl)S(C)(=O)=O)cc2)c2ccccc2O1. The number of fused-ring (bicyclic) bond motifs is 1. The first-order valence-electron chi connectivity index (χ1n) is 12.2. The van der Waals surface area contributed by atoms with Crippen molar-refractivity contribution in [2.45, 2.75) is 51.3 Å². The Balaban J connectivity index is 1.57. The summed E-state index contributed by atoms with van der Waals surface area (Å²) in [6.45, 7) is 4.16. The zero-order chi connectivity index (χ0) is 26.8. The Kier molecular flexibility index (Phi) is 8.07. The lowest BCUT2D eigenvalue weighted by atomic mass is 9.83. The largest absolute Gasteiger partial charge is 0.487 e. The van der Waals surface area contributed by atoms with Gasteiger partial charge in [-0.05, 0) is 55.3 Å². The molecule has 0 radical (unpaired) electrons. The van der Waals surface area contributed by atoms with Gasteiger partial charge in [0.15, 0.2) is 0 Å². The first-order chi connectivity index (χ1) is 17.6. The second-order valence-electron chi connectivity index (χ2n) is 9.28. The molecule has 3 aromatic carbocycles. The molecule has 0 saturated heterocycles. The molecule has 0 bridgehead atoms. The van der Waals surface area contributed by atoms with E-state index in [9.17, 15) is 13.2 Å². The van der Waals surface area contributed by atoms with Gasteiger partial charge in [0, 0.05) is 33.2 Å². The number of nitrogens with zero attached hydrogens (tertiary/aromatic N) is 1. The Bertz CT molecular complexity index is 1370. The van der Waals surface area contributed by atoms with Crippen molar-refractivity contribution < 1.29 is 17.9 Å². The molecular formula is C28H30Cl2N2O4S. The number of benzene rings is 3. The van der Waals surface area contributed by atoms with Crippen molar-refractivity contribution in [1.29, 1.82) is 0 Å². The molecule has 3 aromatic rings. The van der Waals surface area contributed by atoms with Crippen LogP contribution in [0.25, 0.3) is 0 Å². The third-order valence-corrected chi connectivity index (χ3v) is 8.82. The highest BCUT2D eigenvalue weighted by Crippen LogP contribution is 2.42. The van der Waals surface area contributed by atoms with Crippen molar-refractivity contribution in [3.63, 3.8) is 0 Å². The van der Waals surface area contributed by atoms with Crippen LogP contribution < -0.4 is 14.4 Å². The van der Waals surface area contributed by atoms with E-state index in [-0.39, 0.29) is 24.1 Å². The maximum absolute atomic E-state index is 13.3. The minimum Gasteiger partial charge on any atom is -0.487 e. The number of hydrogen-bond acceptors (Lipinski definition) is 4. The quantitative estimate of drug-likeness (QED) is 0.329. The highest BCUT2D eigenvalue weighted by Gasteiger charge is 2.39. The molecule has 0 unspecified atom stereocenters. The Morgan fingerprint density at radius 2 is 1.62 bits per heavy atom. The van der Waals surface area contributed by atoms with Gasteiger partial charge >= 0.3 is 0 Å². The molecule has 4 rings (SSSR count). The van der Waals surface area contributed by atoms with E-state index in [1.54, 1.807) is 42.5 Å². The van der Waals surface area contributed by atoms with Crippen molar-refractivity contribution in [3.05, 3.63) is 93.5 Å². The first-order valence-corrected chi connectivity index (χ1v) is 14.8. The predicted molar refractivity (Wildman–Crippen MR) is 149 cm³/mol. The average molecular weight is 562 g/mol. The Hall–Kier alpha value is -2.74. The fourth-order valence-corrected chi connectivity index (χ4v) is 6.06. The number of carbonyl (C=O) groups excluding carboxylic acids is 1. The molecule has 9 heteroatoms. The summed E-state index contributed by atoms with van der Waals surface area (Å²) in [5.41, 5.74) is 1.95. The lowest BCUT2D eigenvalue weighted by Crippen LogP contribution is -2.44. The number of nitrogens with one attached hydrogen (secondary N) is 1. The first kappa shape index (κ1) is 27.3. The van der Waals surface area contributed by atoms with E-state index in [0.29, 0.717) is 33.3 Å². The van der Waals surface area contributed by atoms with Crippen LogP contribution in [0, 0.1) is 0 Å². The van der Waals surface area contributed by atoms with Crippen LogP contribution in [0.15, 0.2) is 66.7 Å². The van der Waals surface area contributed by atoms with Crippen molar-refractivity contribution in [1.82, 2.24) is 5.32 Å². The van der Waals surface area contributed by atoms with Gasteiger partial charge in [0.2, 0.25) is 10.0 Å². The lowest BCUT2D eigenvalue weighted by molar-refractivity contribution is 0.0227. The Labute approximate surface area is 228 Å². The van der Waals surface area contributed by atoms with Gasteiger partial charge in [-0.25, -0.2) is 8.42 Å². The standard InChI is InChI=1S/C28H30Cl2N2O4S/c1-4-28(5-2)17-25(21-9-6-7-12-26(21)36-28)31-27(33)19-13-15-20(16-14-19)32(37(3,34)35)18-22-23(29)10-8-11-24(22)30/h6-16,25H,4-5,17-18H2,1-3H3,(H,31,33)/t25-/m1/s1. The van der Waals surface area contributed by atoms with Crippen LogP contribution in [0.2, 0.25) is 10.0 Å². The smallest absolute Gasteiger partial charge is 0.251 e. The van der Waals surface area contributed by atoms with Crippen LogP contribution in [0.1, 0.15) is 60.6 Å². The van der Waals surface area contributed by atoms with Crippen LogP contribution in [-0.4, -0.2) is 26.2 Å². The van der Waals surface area contributed by atoms with Gasteiger partial charge in [0.25, 0.3) is 5.91 Å². The highest BCUT2D eigenvalue weighted by molar-refractivity contribution is 7.92. The van der Waals surface area contributed by atoms with E-state index in [2.05, 4.69) is 19.2 Å². The van der Waals surface area contributed by atoms with Gasteiger partial charge in [-0.2, -0.15) is 0 Å². The van der Waals surface area contributed by atoms with Crippen LogP contribution in [0.4, 0.5) is 5.69 Å². The van der Waals surface area contributed by atoms with E-state index in [1.165, 1.54) is 4.31 Å². The number of para-hydroxylation sites is 1. The molecule has 1 aliphatic rings. The van der Waals surface area contributed by atoms with Gasteiger partial charge < -0.3 is 10.1 Å². The Morgan fingerprint density at radius 1 is 1.00 bits per heavy atom. The Morgan fingerprint density at radius 3 is 2.22 bits per heavy atom. The fourth-order valence-electron chi connectivity index (χ4n) is 4.68. The number of carbonyl (C=O) groups is 1. The molecule has 0 spiro atoms. The molecule has 0 saturated carbocycles. The van der Waals surface area contributed by atoms with E-state index >= 15 is 0 Å². The van der Waals surface area contributed by atoms with E-state index in [1.807, 2.05) is 24.3 Å². The molecule has 0 aromatic heterocycles. The van der Waals surface area contributed by atoms with Crippen molar-refractivity contribution >= 4 is 44.8 Å². The molecule has 6 nitrogen and oxygen atoms in total. The molecule has 0 fully saturated rings. The average Bonchev–Trinajstić information content (AvgIpc) is 2.87. The van der Waals surface area contributed by atoms with E-state index in [0.717, 1.165) is 30.4 Å². The second kappa shape index (κ2) is 10.9. The molecule has 1 atom stereocenters. The minimum absolute atomic E-state index is 0.0299. The van der Waals surface area contributed by atoms with Crippen molar-refractivity contribution in [3.8, 4) is 5.75 Å². The van der Waals surface area contributed by atoms with Crippen molar-refractivity contribution in [2.75, 3.05) is 10.6 Å². The van der Waals surface area contributed by atoms with Gasteiger partial charge in [-0.1, -0.05) is 61.3 Å². The van der Waals surface area contributed by atoms with Gasteiger partial charge in [0.05, 0.1) is 24.5 Å². The topological polar surface area (TPSA) is 75.7 Å². The summed E-state index contributed by atoms with van der Waals surface area (Å²) < 4.78 is 32.8. The van der Waals surface area contributed by atoms with Crippen LogP contribution in [-0.2, 0) is 16.6 Å². The summed E-state index contributed by atoms with van der Waals surface area (Å²) in [6, 6.07) is 19.1. The highest BCUT2D eigenvalue weighted by atomic mass is 35.5. The summed E-state index contributed by atoms with van der Waals surface area (Å²) in [7, 11) is -3.66. The van der Waals surface area contributed by atoms with Crippen LogP contribution in [0.5, 0.6) is 5.75 Å². The summed E-state index contributed by atoms with van der Waals surface area (Å²) >= 11 is 12.6.